The molecule has 156 valence electrons. The summed E-state index contributed by atoms with van der Waals surface area (Å²) in [5.74, 6) is 0.317. The van der Waals surface area contributed by atoms with Crippen molar-refractivity contribution in [2.24, 2.45) is 5.10 Å². The molecule has 0 bridgehead atoms. The molecule has 1 N–H and O–H groups in total. The normalized spacial score (nSPS) is 11.6. The van der Waals surface area contributed by atoms with Crippen LogP contribution in [0.3, 0.4) is 0 Å². The summed E-state index contributed by atoms with van der Waals surface area (Å²) in [7, 11) is 0. The largest absolute Gasteiger partial charge is 0.463 e. The zero-order chi connectivity index (χ0) is 21.8. The third kappa shape index (κ3) is 4.59. The predicted octanol–water partition coefficient (Wildman–Crippen LogP) is 3.92. The Bertz CT molecular complexity index is 1310. The molecule has 0 aliphatic rings. The van der Waals surface area contributed by atoms with Crippen LogP contribution in [-0.2, 0) is 4.79 Å². The van der Waals surface area contributed by atoms with E-state index in [-0.39, 0.29) is 17.2 Å². The zero-order valence-corrected chi connectivity index (χ0v) is 17.8. The van der Waals surface area contributed by atoms with Crippen molar-refractivity contribution in [3.63, 3.8) is 0 Å². The smallest absolute Gasteiger partial charge is 0.266 e. The molecule has 7 nitrogen and oxygen atoms in total. The van der Waals surface area contributed by atoms with Gasteiger partial charge in [0, 0.05) is 0 Å². The molecule has 2 heterocycles. The van der Waals surface area contributed by atoms with E-state index in [2.05, 4.69) is 15.5 Å². The molecule has 0 spiro atoms. The number of rotatable bonds is 6. The molecule has 4 rings (SSSR count). The lowest BCUT2D eigenvalue weighted by atomic mass is 10.2. The van der Waals surface area contributed by atoms with Crippen molar-refractivity contribution in [3.8, 4) is 5.69 Å². The van der Waals surface area contributed by atoms with Crippen molar-refractivity contribution in [2.75, 3.05) is 5.75 Å². The van der Waals surface area contributed by atoms with Crippen LogP contribution in [-0.4, -0.2) is 26.9 Å². The Morgan fingerprint density at radius 2 is 1.90 bits per heavy atom. The van der Waals surface area contributed by atoms with Crippen LogP contribution in [0.2, 0.25) is 0 Å². The van der Waals surface area contributed by atoms with Gasteiger partial charge in [0.15, 0.2) is 5.16 Å². The van der Waals surface area contributed by atoms with E-state index in [9.17, 15) is 9.59 Å². The summed E-state index contributed by atoms with van der Waals surface area (Å²) >= 11 is 1.18. The zero-order valence-electron chi connectivity index (χ0n) is 17.0. The van der Waals surface area contributed by atoms with Crippen molar-refractivity contribution in [1.29, 1.82) is 0 Å². The number of aromatic nitrogens is 2. The molecule has 0 saturated heterocycles. The standard InChI is InChI=1S/C23H20N4O3S/c1-15-9-11-17(12-10-15)27-22(29)18-6-3-4-7-19(18)24-23(27)31-14-21(28)26-25-16(2)20-8-5-13-30-20/h3-13H,14H2,1-2H3,(H,26,28)/b25-16-. The van der Waals surface area contributed by atoms with Gasteiger partial charge in [-0.25, -0.2) is 10.4 Å². The number of fused-ring (bicyclic) bond motifs is 1. The number of nitrogens with zero attached hydrogens (tertiary/aromatic N) is 3. The van der Waals surface area contributed by atoms with Crippen LogP contribution >= 0.6 is 11.8 Å². The van der Waals surface area contributed by atoms with Crippen molar-refractivity contribution in [1.82, 2.24) is 15.0 Å². The van der Waals surface area contributed by atoms with Gasteiger partial charge in [0.05, 0.1) is 28.6 Å². The Morgan fingerprint density at radius 1 is 1.13 bits per heavy atom. The summed E-state index contributed by atoms with van der Waals surface area (Å²) in [6.45, 7) is 3.72. The predicted molar refractivity (Wildman–Crippen MR) is 122 cm³/mol. The maximum absolute atomic E-state index is 13.2. The minimum atomic E-state index is -0.311. The van der Waals surface area contributed by atoms with E-state index >= 15 is 0 Å². The molecule has 0 radical (unpaired) electrons. The maximum atomic E-state index is 13.2. The van der Waals surface area contributed by atoms with E-state index in [4.69, 9.17) is 4.42 Å². The Labute approximate surface area is 182 Å². The average molecular weight is 433 g/mol. The number of hydrazone groups is 1. The minimum absolute atomic E-state index is 0.0472. The van der Waals surface area contributed by atoms with Crippen LogP contribution in [0.1, 0.15) is 18.2 Å². The monoisotopic (exact) mass is 432 g/mol. The van der Waals surface area contributed by atoms with Gasteiger partial charge in [0.1, 0.15) is 11.5 Å². The van der Waals surface area contributed by atoms with E-state index < -0.39 is 0 Å². The van der Waals surface area contributed by atoms with E-state index in [0.29, 0.717) is 33.2 Å². The summed E-state index contributed by atoms with van der Waals surface area (Å²) in [5.41, 5.74) is 5.27. The third-order valence-corrected chi connectivity index (χ3v) is 5.53. The number of nitrogens with one attached hydrogen (secondary N) is 1. The maximum Gasteiger partial charge on any atom is 0.266 e. The highest BCUT2D eigenvalue weighted by Crippen LogP contribution is 2.21. The third-order valence-electron chi connectivity index (χ3n) is 4.60. The summed E-state index contributed by atoms with van der Waals surface area (Å²) in [5, 5.41) is 5.02. The van der Waals surface area contributed by atoms with Crippen molar-refractivity contribution in [3.05, 3.63) is 88.6 Å². The van der Waals surface area contributed by atoms with Gasteiger partial charge in [-0.1, -0.05) is 41.6 Å². The molecule has 0 aliphatic carbocycles. The lowest BCUT2D eigenvalue weighted by molar-refractivity contribution is -0.118. The van der Waals surface area contributed by atoms with E-state index in [1.54, 1.807) is 37.5 Å². The second kappa shape index (κ2) is 9.01. The Balaban J connectivity index is 1.61. The molecule has 0 saturated carbocycles. The van der Waals surface area contributed by atoms with Gasteiger partial charge in [-0.15, -0.1) is 0 Å². The number of thioether (sulfide) groups is 1. The van der Waals surface area contributed by atoms with Gasteiger partial charge in [0.2, 0.25) is 0 Å². The topological polar surface area (TPSA) is 89.5 Å². The second-order valence-electron chi connectivity index (χ2n) is 6.89. The van der Waals surface area contributed by atoms with Crippen molar-refractivity contribution in [2.45, 2.75) is 19.0 Å². The summed E-state index contributed by atoms with van der Waals surface area (Å²) in [4.78, 5) is 30.2. The van der Waals surface area contributed by atoms with Gasteiger partial charge in [-0.2, -0.15) is 5.10 Å². The number of furan rings is 1. The lowest BCUT2D eigenvalue weighted by Crippen LogP contribution is -2.24. The molecule has 31 heavy (non-hydrogen) atoms. The molecule has 2 aromatic carbocycles. The summed E-state index contributed by atoms with van der Waals surface area (Å²) in [6, 6.07) is 18.3. The van der Waals surface area contributed by atoms with Gasteiger partial charge in [-0.05, 0) is 50.2 Å². The van der Waals surface area contributed by atoms with Crippen molar-refractivity contribution < 1.29 is 9.21 Å². The molecule has 8 heteroatoms. The first kappa shape index (κ1) is 20.6. The van der Waals surface area contributed by atoms with E-state index in [1.165, 1.54) is 16.3 Å². The summed E-state index contributed by atoms with van der Waals surface area (Å²) in [6.07, 6.45) is 1.54. The minimum Gasteiger partial charge on any atom is -0.463 e. The summed E-state index contributed by atoms with van der Waals surface area (Å²) < 4.78 is 6.79. The Hall–Kier alpha value is -3.65. The first-order valence-electron chi connectivity index (χ1n) is 9.61. The van der Waals surface area contributed by atoms with Gasteiger partial charge in [-0.3, -0.25) is 14.2 Å². The molecular formula is C23H20N4O3S. The van der Waals surface area contributed by atoms with Gasteiger partial charge >= 0.3 is 0 Å². The van der Waals surface area contributed by atoms with Crippen LogP contribution in [0, 0.1) is 6.92 Å². The number of carbonyl (C=O) groups excluding carboxylic acids is 1. The molecule has 0 unspecified atom stereocenters. The van der Waals surface area contributed by atoms with Crippen molar-refractivity contribution >= 4 is 34.3 Å². The highest BCUT2D eigenvalue weighted by Gasteiger charge is 2.15. The van der Waals surface area contributed by atoms with Crippen LogP contribution < -0.4 is 11.0 Å². The fourth-order valence-electron chi connectivity index (χ4n) is 2.98. The fraction of sp³-hybridized carbons (Fsp3) is 0.130. The van der Waals surface area contributed by atoms with Crippen LogP contribution in [0.15, 0.2) is 86.4 Å². The number of hydrogen-bond donors (Lipinski definition) is 1. The van der Waals surface area contributed by atoms with Crippen LogP contribution in [0.25, 0.3) is 16.6 Å². The Kier molecular flexibility index (Phi) is 5.99. The fourth-order valence-corrected chi connectivity index (χ4v) is 3.78. The number of benzene rings is 2. The quantitative estimate of drug-likeness (QED) is 0.216. The highest BCUT2D eigenvalue weighted by molar-refractivity contribution is 7.99. The first-order valence-corrected chi connectivity index (χ1v) is 10.6. The number of para-hydroxylation sites is 1. The number of carbonyl (C=O) groups is 1. The van der Waals surface area contributed by atoms with Gasteiger partial charge < -0.3 is 4.42 Å². The second-order valence-corrected chi connectivity index (χ2v) is 7.83. The number of amides is 1. The molecule has 4 aromatic rings. The SMILES string of the molecule is C/C(=N/NC(=O)CSc1nc2ccccc2c(=O)n1-c1ccc(C)cc1)c1ccco1. The van der Waals surface area contributed by atoms with E-state index in [1.807, 2.05) is 43.3 Å². The molecular weight excluding hydrogens is 412 g/mol. The van der Waals surface area contributed by atoms with Crippen LogP contribution in [0.5, 0.6) is 0 Å². The first-order chi connectivity index (χ1) is 15.0. The molecule has 0 aliphatic heterocycles. The van der Waals surface area contributed by atoms with E-state index in [0.717, 1.165) is 5.56 Å². The molecule has 1 amide bonds. The number of hydrogen-bond acceptors (Lipinski definition) is 6. The molecule has 2 aromatic heterocycles. The van der Waals surface area contributed by atoms with Crippen LogP contribution in [0.4, 0.5) is 0 Å². The van der Waals surface area contributed by atoms with Gasteiger partial charge in [0.25, 0.3) is 11.5 Å². The Morgan fingerprint density at radius 3 is 2.65 bits per heavy atom. The average Bonchev–Trinajstić information content (AvgIpc) is 3.32. The molecule has 0 fully saturated rings. The number of aryl methyl sites for hydroxylation is 1. The highest BCUT2D eigenvalue weighted by atomic mass is 32.2. The molecule has 0 atom stereocenters. The lowest BCUT2D eigenvalue weighted by Gasteiger charge is -2.13.